The van der Waals surface area contributed by atoms with Gasteiger partial charge in [0.25, 0.3) is 0 Å². The number of nitrogens with zero attached hydrogens (tertiary/aromatic N) is 1. The zero-order valence-corrected chi connectivity index (χ0v) is 17.0. The molecule has 150 valence electrons. The molecule has 8 heteroatoms. The van der Waals surface area contributed by atoms with Gasteiger partial charge in [-0.25, -0.2) is 9.78 Å². The molecule has 1 aromatic carbocycles. The second-order valence-corrected chi connectivity index (χ2v) is 9.02. The molecule has 3 N–H and O–H groups in total. The van der Waals surface area contributed by atoms with Crippen molar-refractivity contribution in [2.45, 2.75) is 76.5 Å². The molecule has 7 nitrogen and oxygen atoms in total. The van der Waals surface area contributed by atoms with Crippen molar-refractivity contribution < 1.29 is 19.2 Å². The van der Waals surface area contributed by atoms with E-state index in [9.17, 15) is 9.90 Å². The molecule has 1 aliphatic heterocycles. The summed E-state index contributed by atoms with van der Waals surface area (Å²) in [5.41, 5.74) is 1.13. The van der Waals surface area contributed by atoms with Gasteiger partial charge in [0.05, 0.1) is 22.2 Å². The normalized spacial score (nSPS) is 23.1. The molecule has 1 saturated heterocycles. The Morgan fingerprint density at radius 1 is 1.14 bits per heavy atom. The maximum absolute atomic E-state index is 11.4. The summed E-state index contributed by atoms with van der Waals surface area (Å²) in [5.74, 6) is 0.690. The van der Waals surface area contributed by atoms with Crippen molar-refractivity contribution in [3.8, 4) is 0 Å². The molecule has 1 saturated carbocycles. The number of carbonyl (C=O) groups is 1. The van der Waals surface area contributed by atoms with Crippen molar-refractivity contribution in [3.05, 3.63) is 24.0 Å². The van der Waals surface area contributed by atoms with Crippen molar-refractivity contribution in [2.75, 3.05) is 0 Å². The standard InChI is InChI=1S/C20H28BN3O4/c1-18(2)19(3,4)28-21(27-18)13-8-9-14-15(12-13)23-16(22-14)20(24-17(25)26)10-6-5-7-11-20/h8-9,12,24H,5-7,10-11H2,1-4H3,(H,22,23)(H,25,26). The Balaban J connectivity index is 1.68. The number of hydrogen-bond acceptors (Lipinski definition) is 4. The van der Waals surface area contributed by atoms with E-state index in [0.717, 1.165) is 48.6 Å². The topological polar surface area (TPSA) is 96.5 Å². The van der Waals surface area contributed by atoms with Crippen molar-refractivity contribution in [3.63, 3.8) is 0 Å². The van der Waals surface area contributed by atoms with Crippen LogP contribution in [0.3, 0.4) is 0 Å². The highest BCUT2D eigenvalue weighted by Gasteiger charge is 2.51. The maximum Gasteiger partial charge on any atom is 0.494 e. The minimum absolute atomic E-state index is 0.402. The van der Waals surface area contributed by atoms with Gasteiger partial charge in [0.15, 0.2) is 0 Å². The molecule has 2 aromatic rings. The van der Waals surface area contributed by atoms with Crippen LogP contribution in [-0.2, 0) is 14.8 Å². The van der Waals surface area contributed by atoms with Crippen molar-refractivity contribution in [1.29, 1.82) is 0 Å². The van der Waals surface area contributed by atoms with E-state index in [1.807, 2.05) is 45.9 Å². The fourth-order valence-electron chi connectivity index (χ4n) is 4.16. The average Bonchev–Trinajstić information content (AvgIpc) is 3.13. The minimum atomic E-state index is -1.01. The number of H-pyrrole nitrogens is 1. The predicted molar refractivity (Wildman–Crippen MR) is 108 cm³/mol. The van der Waals surface area contributed by atoms with Crippen molar-refractivity contribution >= 4 is 29.7 Å². The monoisotopic (exact) mass is 385 g/mol. The Labute approximate surface area is 165 Å². The van der Waals surface area contributed by atoms with Gasteiger partial charge in [0.2, 0.25) is 0 Å². The lowest BCUT2D eigenvalue weighted by molar-refractivity contribution is 0.00578. The van der Waals surface area contributed by atoms with Gasteiger partial charge in [0.1, 0.15) is 11.4 Å². The molecular weight excluding hydrogens is 357 g/mol. The van der Waals surface area contributed by atoms with E-state index in [2.05, 4.69) is 10.3 Å². The molecular formula is C20H28BN3O4. The van der Waals surface area contributed by atoms with Crippen LogP contribution < -0.4 is 10.8 Å². The molecule has 2 heterocycles. The van der Waals surface area contributed by atoms with Gasteiger partial charge >= 0.3 is 13.2 Å². The summed E-state index contributed by atoms with van der Waals surface area (Å²) in [5, 5.41) is 12.1. The zero-order valence-electron chi connectivity index (χ0n) is 17.0. The third-order valence-corrected chi connectivity index (χ3v) is 6.54. The van der Waals surface area contributed by atoms with Crippen LogP contribution in [-0.4, -0.2) is 39.5 Å². The Kier molecular flexibility index (Phi) is 4.47. The van der Waals surface area contributed by atoms with E-state index in [1.54, 1.807) is 0 Å². The largest absolute Gasteiger partial charge is 0.494 e. The Morgan fingerprint density at radius 2 is 1.79 bits per heavy atom. The van der Waals surface area contributed by atoms with Crippen LogP contribution in [0.2, 0.25) is 0 Å². The molecule has 0 unspecified atom stereocenters. The maximum atomic E-state index is 11.4. The smallest absolute Gasteiger partial charge is 0.465 e. The number of nitrogens with one attached hydrogen (secondary N) is 2. The van der Waals surface area contributed by atoms with Crippen molar-refractivity contribution in [2.24, 2.45) is 0 Å². The molecule has 2 fully saturated rings. The van der Waals surface area contributed by atoms with E-state index in [4.69, 9.17) is 14.3 Å². The Morgan fingerprint density at radius 3 is 2.39 bits per heavy atom. The lowest BCUT2D eigenvalue weighted by Gasteiger charge is -2.35. The van der Waals surface area contributed by atoms with Crippen LogP contribution in [0.1, 0.15) is 65.6 Å². The zero-order chi connectivity index (χ0) is 20.2. The minimum Gasteiger partial charge on any atom is -0.465 e. The molecule has 28 heavy (non-hydrogen) atoms. The summed E-state index contributed by atoms with van der Waals surface area (Å²) < 4.78 is 12.3. The summed E-state index contributed by atoms with van der Waals surface area (Å²) >= 11 is 0. The van der Waals surface area contributed by atoms with Crippen LogP contribution in [0.15, 0.2) is 18.2 Å². The highest BCUT2D eigenvalue weighted by Crippen LogP contribution is 2.38. The third-order valence-electron chi connectivity index (χ3n) is 6.54. The van der Waals surface area contributed by atoms with Gasteiger partial charge < -0.3 is 24.7 Å². The van der Waals surface area contributed by atoms with E-state index in [1.165, 1.54) is 0 Å². The van der Waals surface area contributed by atoms with E-state index >= 15 is 0 Å². The van der Waals surface area contributed by atoms with Crippen LogP contribution in [0.25, 0.3) is 11.0 Å². The molecule has 0 radical (unpaired) electrons. The number of carboxylic acid groups (broad SMARTS) is 1. The summed E-state index contributed by atoms with van der Waals surface area (Å²) in [6.07, 6.45) is 3.58. The average molecular weight is 385 g/mol. The van der Waals surface area contributed by atoms with Crippen LogP contribution in [0, 0.1) is 0 Å². The number of aromatic amines is 1. The number of hydrogen-bond donors (Lipinski definition) is 3. The molecule has 1 amide bonds. The molecule has 1 aliphatic carbocycles. The lowest BCUT2D eigenvalue weighted by atomic mass is 9.79. The second kappa shape index (κ2) is 6.49. The van der Waals surface area contributed by atoms with Crippen LogP contribution in [0.5, 0.6) is 0 Å². The van der Waals surface area contributed by atoms with E-state index in [-0.39, 0.29) is 0 Å². The quantitative estimate of drug-likeness (QED) is 0.705. The molecule has 4 rings (SSSR count). The SMILES string of the molecule is CC1(C)OB(c2ccc3[nH]c(C4(NC(=O)O)CCCCC4)nc3c2)OC1(C)C. The third kappa shape index (κ3) is 3.18. The van der Waals surface area contributed by atoms with Crippen molar-refractivity contribution in [1.82, 2.24) is 15.3 Å². The second-order valence-electron chi connectivity index (χ2n) is 9.02. The number of rotatable bonds is 3. The Hall–Kier alpha value is -2.06. The Bertz CT molecular complexity index is 886. The number of amides is 1. The number of fused-ring (bicyclic) bond motifs is 1. The van der Waals surface area contributed by atoms with Gasteiger partial charge in [-0.3, -0.25) is 0 Å². The van der Waals surface area contributed by atoms with Gasteiger partial charge in [-0.2, -0.15) is 0 Å². The summed E-state index contributed by atoms with van der Waals surface area (Å²) in [7, 11) is -0.449. The van der Waals surface area contributed by atoms with Gasteiger partial charge in [-0.1, -0.05) is 25.3 Å². The fourth-order valence-corrected chi connectivity index (χ4v) is 4.16. The summed E-state index contributed by atoms with van der Waals surface area (Å²) in [4.78, 5) is 19.5. The highest BCUT2D eigenvalue weighted by molar-refractivity contribution is 6.62. The van der Waals surface area contributed by atoms with E-state index < -0.39 is 30.0 Å². The molecule has 2 aliphatic rings. The summed E-state index contributed by atoms with van der Waals surface area (Å²) in [6, 6.07) is 5.91. The number of aromatic nitrogens is 2. The number of imidazole rings is 1. The fraction of sp³-hybridized carbons (Fsp3) is 0.600. The number of benzene rings is 1. The molecule has 0 bridgehead atoms. The van der Waals surface area contributed by atoms with Gasteiger partial charge in [-0.05, 0) is 58.1 Å². The highest BCUT2D eigenvalue weighted by atomic mass is 16.7. The first-order valence-corrected chi connectivity index (χ1v) is 9.99. The molecule has 1 aromatic heterocycles. The van der Waals surface area contributed by atoms with E-state index in [0.29, 0.717) is 5.82 Å². The first kappa shape index (κ1) is 19.3. The summed E-state index contributed by atoms with van der Waals surface area (Å²) in [6.45, 7) is 8.12. The van der Waals surface area contributed by atoms with Gasteiger partial charge in [0, 0.05) is 0 Å². The molecule has 0 spiro atoms. The van der Waals surface area contributed by atoms with Crippen LogP contribution in [0.4, 0.5) is 4.79 Å². The van der Waals surface area contributed by atoms with Gasteiger partial charge in [-0.15, -0.1) is 0 Å². The first-order valence-electron chi connectivity index (χ1n) is 9.99. The first-order chi connectivity index (χ1) is 13.1. The lowest BCUT2D eigenvalue weighted by Crippen LogP contribution is -2.47. The molecule has 0 atom stereocenters. The predicted octanol–water partition coefficient (Wildman–Crippen LogP) is 3.29. The van der Waals surface area contributed by atoms with Crippen LogP contribution >= 0.6 is 0 Å².